The van der Waals surface area contributed by atoms with E-state index in [-0.39, 0.29) is 23.9 Å². The summed E-state index contributed by atoms with van der Waals surface area (Å²) in [4.78, 5) is 26.4. The number of carbonyl (C=O) groups is 2. The van der Waals surface area contributed by atoms with E-state index in [9.17, 15) is 9.59 Å². The summed E-state index contributed by atoms with van der Waals surface area (Å²) < 4.78 is 0. The summed E-state index contributed by atoms with van der Waals surface area (Å²) >= 11 is 0. The Morgan fingerprint density at radius 3 is 2.58 bits per heavy atom. The van der Waals surface area contributed by atoms with E-state index < -0.39 is 0 Å². The van der Waals surface area contributed by atoms with Crippen LogP contribution in [0.4, 0.5) is 0 Å². The second kappa shape index (κ2) is 7.31. The van der Waals surface area contributed by atoms with Crippen molar-refractivity contribution in [3.05, 3.63) is 12.2 Å². The standard InChI is InChI=1S/C15H26N2O2/c1-5-7-9-17-13(10-11(3)4)14(18)16-12(8-6-2)15(17)19/h5,7,11-13H,6,8-10H2,1-4H3,(H,16,18)/b7-5+. The summed E-state index contributed by atoms with van der Waals surface area (Å²) in [5.41, 5.74) is 0. The van der Waals surface area contributed by atoms with Crippen molar-refractivity contribution in [1.29, 1.82) is 0 Å². The third-order valence-electron chi connectivity index (χ3n) is 3.39. The first-order valence-electron chi connectivity index (χ1n) is 7.23. The van der Waals surface area contributed by atoms with Crippen LogP contribution in [0, 0.1) is 5.92 Å². The van der Waals surface area contributed by atoms with Crippen molar-refractivity contribution in [1.82, 2.24) is 10.2 Å². The van der Waals surface area contributed by atoms with Gasteiger partial charge in [0.2, 0.25) is 11.8 Å². The fraction of sp³-hybridized carbons (Fsp3) is 0.733. The number of piperazine rings is 1. The molecule has 1 aliphatic rings. The Kier molecular flexibility index (Phi) is 6.06. The largest absolute Gasteiger partial charge is 0.343 e. The monoisotopic (exact) mass is 266 g/mol. The van der Waals surface area contributed by atoms with Crippen LogP contribution in [0.15, 0.2) is 12.2 Å². The second-order valence-corrected chi connectivity index (χ2v) is 5.55. The van der Waals surface area contributed by atoms with Crippen molar-refractivity contribution in [2.75, 3.05) is 6.54 Å². The van der Waals surface area contributed by atoms with Crippen molar-refractivity contribution in [3.63, 3.8) is 0 Å². The summed E-state index contributed by atoms with van der Waals surface area (Å²) in [6.07, 6.45) is 6.18. The highest BCUT2D eigenvalue weighted by Crippen LogP contribution is 2.19. The Morgan fingerprint density at radius 1 is 1.37 bits per heavy atom. The van der Waals surface area contributed by atoms with E-state index in [4.69, 9.17) is 0 Å². The molecule has 0 aliphatic carbocycles. The quantitative estimate of drug-likeness (QED) is 0.749. The highest BCUT2D eigenvalue weighted by molar-refractivity contribution is 5.97. The van der Waals surface area contributed by atoms with Crippen molar-refractivity contribution in [3.8, 4) is 0 Å². The summed E-state index contributed by atoms with van der Waals surface area (Å²) in [7, 11) is 0. The fourth-order valence-corrected chi connectivity index (χ4v) is 2.43. The molecule has 0 saturated carbocycles. The number of carbonyl (C=O) groups excluding carboxylic acids is 2. The SMILES string of the molecule is C/C=C/CN1C(=O)C(CCC)NC(=O)C1CC(C)C. The van der Waals surface area contributed by atoms with E-state index >= 15 is 0 Å². The molecule has 0 radical (unpaired) electrons. The van der Waals surface area contributed by atoms with Crippen LogP contribution in [0.1, 0.15) is 47.0 Å². The van der Waals surface area contributed by atoms with Gasteiger partial charge in [0.25, 0.3) is 0 Å². The number of allylic oxidation sites excluding steroid dienone is 1. The minimum Gasteiger partial charge on any atom is -0.343 e. The Hall–Kier alpha value is -1.32. The summed E-state index contributed by atoms with van der Waals surface area (Å²) in [5.74, 6) is 0.445. The minimum atomic E-state index is -0.342. The van der Waals surface area contributed by atoms with Crippen LogP contribution >= 0.6 is 0 Å². The summed E-state index contributed by atoms with van der Waals surface area (Å²) in [6.45, 7) is 8.62. The molecular weight excluding hydrogens is 240 g/mol. The normalized spacial score (nSPS) is 24.4. The maximum atomic E-state index is 12.4. The Balaban J connectivity index is 2.89. The molecule has 1 saturated heterocycles. The van der Waals surface area contributed by atoms with Crippen molar-refractivity contribution >= 4 is 11.8 Å². The molecule has 0 bridgehead atoms. The lowest BCUT2D eigenvalue weighted by atomic mass is 9.96. The number of amides is 2. The molecule has 4 nitrogen and oxygen atoms in total. The van der Waals surface area contributed by atoms with Gasteiger partial charge >= 0.3 is 0 Å². The number of nitrogens with one attached hydrogen (secondary N) is 1. The van der Waals surface area contributed by atoms with Gasteiger partial charge in [0.1, 0.15) is 12.1 Å². The first kappa shape index (κ1) is 15.7. The van der Waals surface area contributed by atoms with E-state index in [2.05, 4.69) is 19.2 Å². The molecule has 0 aromatic heterocycles. The van der Waals surface area contributed by atoms with Crippen LogP contribution in [-0.2, 0) is 9.59 Å². The van der Waals surface area contributed by atoms with Gasteiger partial charge in [-0.05, 0) is 25.7 Å². The first-order valence-corrected chi connectivity index (χ1v) is 7.23. The van der Waals surface area contributed by atoms with Gasteiger partial charge in [-0.3, -0.25) is 9.59 Å². The lowest BCUT2D eigenvalue weighted by Crippen LogP contribution is -2.63. The molecule has 19 heavy (non-hydrogen) atoms. The third kappa shape index (κ3) is 4.08. The predicted molar refractivity (Wildman–Crippen MR) is 76.6 cm³/mol. The lowest BCUT2D eigenvalue weighted by molar-refractivity contribution is -0.149. The number of hydrogen-bond donors (Lipinski definition) is 1. The van der Waals surface area contributed by atoms with Gasteiger partial charge in [0, 0.05) is 6.54 Å². The lowest BCUT2D eigenvalue weighted by Gasteiger charge is -2.39. The molecule has 108 valence electrons. The Bertz CT molecular complexity index is 350. The van der Waals surface area contributed by atoms with Crippen LogP contribution in [0.3, 0.4) is 0 Å². The Morgan fingerprint density at radius 2 is 2.05 bits per heavy atom. The molecule has 1 fully saturated rings. The zero-order valence-electron chi connectivity index (χ0n) is 12.5. The third-order valence-corrected chi connectivity index (χ3v) is 3.39. The van der Waals surface area contributed by atoms with E-state index in [1.54, 1.807) is 4.90 Å². The van der Waals surface area contributed by atoms with Gasteiger partial charge < -0.3 is 10.2 Å². The van der Waals surface area contributed by atoms with Gasteiger partial charge in [0.15, 0.2) is 0 Å². The zero-order valence-corrected chi connectivity index (χ0v) is 12.5. The molecule has 2 atom stereocenters. The molecule has 0 aromatic carbocycles. The second-order valence-electron chi connectivity index (χ2n) is 5.55. The van der Waals surface area contributed by atoms with E-state index in [0.29, 0.717) is 25.3 Å². The number of nitrogens with zero attached hydrogens (tertiary/aromatic N) is 1. The molecule has 1 aliphatic heterocycles. The first-order chi connectivity index (χ1) is 9.01. The topological polar surface area (TPSA) is 49.4 Å². The van der Waals surface area contributed by atoms with E-state index in [0.717, 1.165) is 6.42 Å². The van der Waals surface area contributed by atoms with Gasteiger partial charge in [-0.2, -0.15) is 0 Å². The van der Waals surface area contributed by atoms with Crippen LogP contribution in [-0.4, -0.2) is 35.3 Å². The molecule has 1 N–H and O–H groups in total. The summed E-state index contributed by atoms with van der Waals surface area (Å²) in [6, 6.07) is -0.664. The molecule has 1 rings (SSSR count). The summed E-state index contributed by atoms with van der Waals surface area (Å²) in [5, 5.41) is 2.87. The van der Waals surface area contributed by atoms with Gasteiger partial charge in [-0.25, -0.2) is 0 Å². The van der Waals surface area contributed by atoms with Crippen LogP contribution in [0.25, 0.3) is 0 Å². The molecule has 1 heterocycles. The minimum absolute atomic E-state index is 0.00347. The van der Waals surface area contributed by atoms with Crippen LogP contribution < -0.4 is 5.32 Å². The highest BCUT2D eigenvalue weighted by Gasteiger charge is 2.39. The van der Waals surface area contributed by atoms with Crippen molar-refractivity contribution < 1.29 is 9.59 Å². The van der Waals surface area contributed by atoms with Gasteiger partial charge in [0.05, 0.1) is 0 Å². The molecular formula is C15H26N2O2. The van der Waals surface area contributed by atoms with Crippen molar-refractivity contribution in [2.24, 2.45) is 5.92 Å². The Labute approximate surface area is 116 Å². The fourth-order valence-electron chi connectivity index (χ4n) is 2.43. The highest BCUT2D eigenvalue weighted by atomic mass is 16.2. The predicted octanol–water partition coefficient (Wildman–Crippen LogP) is 2.10. The van der Waals surface area contributed by atoms with Crippen LogP contribution in [0.5, 0.6) is 0 Å². The number of rotatable bonds is 6. The molecule has 0 spiro atoms. The van der Waals surface area contributed by atoms with E-state index in [1.165, 1.54) is 0 Å². The van der Waals surface area contributed by atoms with Crippen molar-refractivity contribution in [2.45, 2.75) is 59.0 Å². The maximum Gasteiger partial charge on any atom is 0.246 e. The van der Waals surface area contributed by atoms with E-state index in [1.807, 2.05) is 26.0 Å². The number of hydrogen-bond acceptors (Lipinski definition) is 2. The average Bonchev–Trinajstić information content (AvgIpc) is 2.35. The smallest absolute Gasteiger partial charge is 0.246 e. The van der Waals surface area contributed by atoms with Crippen LogP contribution in [0.2, 0.25) is 0 Å². The molecule has 0 aromatic rings. The van der Waals surface area contributed by atoms with Gasteiger partial charge in [-0.15, -0.1) is 0 Å². The maximum absolute atomic E-state index is 12.4. The molecule has 2 unspecified atom stereocenters. The zero-order chi connectivity index (χ0) is 14.4. The average molecular weight is 266 g/mol. The molecule has 2 amide bonds. The molecule has 4 heteroatoms. The van der Waals surface area contributed by atoms with Gasteiger partial charge in [-0.1, -0.05) is 39.3 Å².